The van der Waals surface area contributed by atoms with Gasteiger partial charge >= 0.3 is 18.0 Å². The van der Waals surface area contributed by atoms with Gasteiger partial charge in [0.05, 0.1) is 53.3 Å². The Morgan fingerprint density at radius 1 is 0.756 bits per heavy atom. The standard InChI is InChI=1S/C22H40N4O12PS2/c1-18(27)23-3-7-33-11-13-35-16-20(29)37-9-5-26(15-19(28)25-41(39)40)6-10-38-21(30)17-36-14-12-34-8-4-24-22(31)32-2/h39H,3-17H2,1-2H3,(H,23,27)(H,24,31)(H,25,28,40)/q-1. The fourth-order valence-electron chi connectivity index (χ4n) is 2.62. The summed E-state index contributed by atoms with van der Waals surface area (Å²) < 4.78 is 38.0. The molecule has 3 amide bonds. The lowest BCUT2D eigenvalue weighted by Gasteiger charge is -2.22. The van der Waals surface area contributed by atoms with Crippen molar-refractivity contribution in [1.82, 2.24) is 20.3 Å². The molecule has 0 aromatic rings. The molecule has 0 bridgehead atoms. The summed E-state index contributed by atoms with van der Waals surface area (Å²) in [6.45, 7) is 3.14. The number of nitrogens with zero attached hydrogens (tertiary/aromatic N) is 1. The Kier molecular flexibility index (Phi) is 25.3. The van der Waals surface area contributed by atoms with E-state index in [9.17, 15) is 24.0 Å². The summed E-state index contributed by atoms with van der Waals surface area (Å²) in [7, 11) is 3.49. The third kappa shape index (κ3) is 27.7. The maximum Gasteiger partial charge on any atom is 0.406 e. The molecule has 0 aliphatic rings. The molecule has 0 saturated carbocycles. The van der Waals surface area contributed by atoms with Gasteiger partial charge < -0.3 is 48.5 Å². The molecule has 0 aromatic heterocycles. The van der Waals surface area contributed by atoms with Crippen molar-refractivity contribution in [2.24, 2.45) is 0 Å². The van der Waals surface area contributed by atoms with Crippen LogP contribution in [0.25, 0.3) is 0 Å². The van der Waals surface area contributed by atoms with Crippen LogP contribution in [0.1, 0.15) is 6.92 Å². The van der Waals surface area contributed by atoms with Crippen LogP contribution in [0.4, 0.5) is 4.79 Å². The van der Waals surface area contributed by atoms with E-state index in [1.54, 1.807) is 4.90 Å². The Morgan fingerprint density at radius 3 is 1.71 bits per heavy atom. The smallest absolute Gasteiger partial charge is 0.406 e. The van der Waals surface area contributed by atoms with Gasteiger partial charge in [-0.2, -0.15) is 0 Å². The Bertz CT molecular complexity index is 858. The fraction of sp³-hybridized carbons (Fsp3) is 0.773. The molecule has 238 valence electrons. The molecule has 0 radical (unpaired) electrons. The van der Waals surface area contributed by atoms with Crippen LogP contribution < -0.4 is 15.4 Å². The number of esters is 2. The van der Waals surface area contributed by atoms with Crippen LogP contribution in [0.3, 0.4) is 0 Å². The third-order valence-electron chi connectivity index (χ3n) is 4.42. The largest absolute Gasteiger partial charge is 0.463 e. The molecule has 0 atom stereocenters. The van der Waals surface area contributed by atoms with Gasteiger partial charge in [0.15, 0.2) is 0 Å². The molecule has 0 fully saturated rings. The molecular formula is C22H40N4O12PS2-. The molecule has 16 nitrogen and oxygen atoms in total. The quantitative estimate of drug-likeness (QED) is 0.0328. The van der Waals surface area contributed by atoms with Crippen molar-refractivity contribution in [1.29, 1.82) is 0 Å². The zero-order valence-corrected chi connectivity index (χ0v) is 25.9. The molecular weight excluding hydrogens is 607 g/mol. The number of amides is 3. The van der Waals surface area contributed by atoms with Gasteiger partial charge in [-0.25, -0.2) is 25.6 Å². The van der Waals surface area contributed by atoms with Gasteiger partial charge in [0.25, 0.3) is 0 Å². The van der Waals surface area contributed by atoms with Crippen molar-refractivity contribution in [3.8, 4) is 0 Å². The molecule has 3 N–H and O–H groups in total. The van der Waals surface area contributed by atoms with Crippen LogP contribution in [0.15, 0.2) is 0 Å². The number of alkyl carbamates (subject to hydrolysis) is 1. The highest BCUT2D eigenvalue weighted by Gasteiger charge is 2.12. The molecule has 0 unspecified atom stereocenters. The van der Waals surface area contributed by atoms with E-state index in [-0.39, 0.29) is 97.5 Å². The number of ether oxygens (including phenoxy) is 7. The van der Waals surface area contributed by atoms with Crippen LogP contribution >= 0.6 is 8.02 Å². The van der Waals surface area contributed by atoms with Crippen LogP contribution in [0.5, 0.6) is 0 Å². The van der Waals surface area contributed by atoms with E-state index >= 15 is 0 Å². The lowest BCUT2D eigenvalue weighted by atomic mass is 10.4. The molecule has 0 aliphatic carbocycles. The van der Waals surface area contributed by atoms with Crippen molar-refractivity contribution < 1.29 is 57.1 Å². The minimum absolute atomic E-state index is 0.0254. The summed E-state index contributed by atoms with van der Waals surface area (Å²) >= 11 is 4.91. The summed E-state index contributed by atoms with van der Waals surface area (Å²) in [6.07, 6.45) is -0.554. The van der Waals surface area contributed by atoms with Crippen LogP contribution in [-0.4, -0.2) is 141 Å². The highest BCUT2D eigenvalue weighted by molar-refractivity contribution is 8.38. The first-order valence-electron chi connectivity index (χ1n) is 12.5. The van der Waals surface area contributed by atoms with E-state index in [0.29, 0.717) is 13.2 Å². The number of nitrogens with one attached hydrogen (secondary N) is 3. The lowest BCUT2D eigenvalue weighted by Crippen LogP contribution is -2.40. The molecule has 0 heterocycles. The second kappa shape index (κ2) is 26.7. The summed E-state index contributed by atoms with van der Waals surface area (Å²) in [6, 6.07) is 0. The maximum atomic E-state index is 12.1. The van der Waals surface area contributed by atoms with E-state index in [4.69, 9.17) is 39.6 Å². The van der Waals surface area contributed by atoms with Crippen LogP contribution in [-0.2, 0) is 72.3 Å². The van der Waals surface area contributed by atoms with Crippen LogP contribution in [0.2, 0.25) is 0 Å². The topological polar surface area (TPSA) is 189 Å². The molecule has 19 heteroatoms. The first kappa shape index (κ1) is 38.8. The predicted molar refractivity (Wildman–Crippen MR) is 152 cm³/mol. The molecule has 0 aromatic carbocycles. The molecule has 0 aliphatic heterocycles. The number of carbonyl (C=O) groups is 5. The maximum absolute atomic E-state index is 12.1. The number of carbonyl (C=O) groups excluding carboxylic acids is 5. The lowest BCUT2D eigenvalue weighted by molar-refractivity contribution is -0.150. The van der Waals surface area contributed by atoms with Gasteiger partial charge in [0.1, 0.15) is 26.4 Å². The Labute approximate surface area is 247 Å². The molecule has 41 heavy (non-hydrogen) atoms. The van der Waals surface area contributed by atoms with Crippen molar-refractivity contribution in [3.05, 3.63) is 0 Å². The van der Waals surface area contributed by atoms with Gasteiger partial charge in [-0.3, -0.25) is 31.3 Å². The van der Waals surface area contributed by atoms with Crippen molar-refractivity contribution in [2.45, 2.75) is 6.92 Å². The second-order valence-corrected chi connectivity index (χ2v) is 11.6. The van der Waals surface area contributed by atoms with Gasteiger partial charge in [-0.15, -0.1) is 0 Å². The molecule has 0 spiro atoms. The Hall–Kier alpha value is -2.18. The average molecular weight is 648 g/mol. The summed E-state index contributed by atoms with van der Waals surface area (Å²) in [4.78, 5) is 59.1. The van der Waals surface area contributed by atoms with Gasteiger partial charge in [0.2, 0.25) is 11.8 Å². The number of hydrogen-bond donors (Lipinski definition) is 3. The fourth-order valence-corrected chi connectivity index (χ4v) is 3.51. The average Bonchev–Trinajstić information content (AvgIpc) is 2.90. The Morgan fingerprint density at radius 2 is 1.24 bits per heavy atom. The summed E-state index contributed by atoms with van der Waals surface area (Å²) in [5.74, 6) is -1.69. The second-order valence-electron chi connectivity index (χ2n) is 7.74. The highest BCUT2D eigenvalue weighted by Crippen LogP contribution is 1.93. The summed E-state index contributed by atoms with van der Waals surface area (Å²) in [5.41, 5.74) is 0. The molecule has 0 saturated heterocycles. The van der Waals surface area contributed by atoms with E-state index in [1.807, 2.05) is 0 Å². The monoisotopic (exact) mass is 647 g/mol. The highest BCUT2D eigenvalue weighted by atomic mass is 32.9. The number of methoxy groups -OCH3 is 1. The first-order valence-corrected chi connectivity index (χ1v) is 15.8. The number of rotatable bonds is 25. The first-order chi connectivity index (χ1) is 19.6. The van der Waals surface area contributed by atoms with Gasteiger partial charge in [-0.1, -0.05) is 0 Å². The van der Waals surface area contributed by atoms with E-state index in [0.717, 1.165) is 0 Å². The van der Waals surface area contributed by atoms with Crippen LogP contribution in [0, 0.1) is 0 Å². The summed E-state index contributed by atoms with van der Waals surface area (Å²) in [5, 5.41) is 5.04. The predicted octanol–water partition coefficient (Wildman–Crippen LogP) is -1.90. The third-order valence-corrected chi connectivity index (χ3v) is 5.39. The van der Waals surface area contributed by atoms with E-state index in [1.165, 1.54) is 14.0 Å². The normalized spacial score (nSPS) is 10.7. The van der Waals surface area contributed by atoms with E-state index in [2.05, 4.69) is 28.1 Å². The zero-order chi connectivity index (χ0) is 30.7. The zero-order valence-electron chi connectivity index (χ0n) is 23.3. The minimum atomic E-state index is -0.913. The van der Waals surface area contributed by atoms with E-state index < -0.39 is 26.9 Å². The minimum Gasteiger partial charge on any atom is -0.463 e. The van der Waals surface area contributed by atoms with Gasteiger partial charge in [0, 0.05) is 33.1 Å². The van der Waals surface area contributed by atoms with Crippen molar-refractivity contribution >= 4 is 57.9 Å². The molecule has 0 rings (SSSR count). The van der Waals surface area contributed by atoms with Gasteiger partial charge in [-0.05, 0) is 0 Å². The SMILES string of the molecule is COC(=O)NCCOCCOCC(=O)OCCN(CCOC(=O)COCCOCCNC(C)=O)CC(=O)N[S-](=P)=S. The number of hydrogen-bond acceptors (Lipinski definition) is 15. The van der Waals surface area contributed by atoms with Crippen molar-refractivity contribution in [2.75, 3.05) is 106 Å². The Balaban J connectivity index is 4.14. The van der Waals surface area contributed by atoms with Crippen molar-refractivity contribution in [3.63, 3.8) is 0 Å².